The van der Waals surface area contributed by atoms with E-state index in [2.05, 4.69) is 14.8 Å². The smallest absolute Gasteiger partial charge is 0.327 e. The van der Waals surface area contributed by atoms with E-state index in [0.29, 0.717) is 16.9 Å². The molecule has 2 heterocycles. The molecule has 0 spiro atoms. The molecule has 1 atom stereocenters. The molecule has 7 nitrogen and oxygen atoms in total. The lowest BCUT2D eigenvalue weighted by Crippen LogP contribution is -2.11. The molecule has 0 radical (unpaired) electrons. The van der Waals surface area contributed by atoms with Crippen LogP contribution in [0.5, 0.6) is 5.75 Å². The molecule has 2 aromatic heterocycles. The van der Waals surface area contributed by atoms with Crippen molar-refractivity contribution < 1.29 is 18.7 Å². The van der Waals surface area contributed by atoms with Gasteiger partial charge in [-0.05, 0) is 36.2 Å². The van der Waals surface area contributed by atoms with Gasteiger partial charge < -0.3 is 15.2 Å². The number of esters is 1. The van der Waals surface area contributed by atoms with Crippen LogP contribution in [0.15, 0.2) is 73.2 Å². The van der Waals surface area contributed by atoms with Crippen molar-refractivity contribution in [3.63, 3.8) is 0 Å². The van der Waals surface area contributed by atoms with Crippen LogP contribution in [0.1, 0.15) is 18.6 Å². The minimum Gasteiger partial charge on any atom is -0.482 e. The van der Waals surface area contributed by atoms with E-state index in [4.69, 9.17) is 10.5 Å². The maximum absolute atomic E-state index is 14.1. The first-order chi connectivity index (χ1) is 15.9. The van der Waals surface area contributed by atoms with Crippen LogP contribution in [0, 0.1) is 5.82 Å². The molecule has 0 saturated carbocycles. The highest BCUT2D eigenvalue weighted by molar-refractivity contribution is 5.70. The highest BCUT2D eigenvalue weighted by Crippen LogP contribution is 2.34. The van der Waals surface area contributed by atoms with Crippen LogP contribution >= 0.6 is 0 Å². The topological polar surface area (TPSA) is 92.3 Å². The van der Waals surface area contributed by atoms with Crippen LogP contribution < -0.4 is 10.5 Å². The standard InChI is InChI=1S/C25H23FN4O3/c1-16(22-11-20(26)8-9-21(22)17-6-4-3-5-7-17)33-23-10-18(12-28-25(23)27)19-13-29-30(14-19)15-24(31)32-2/h3-14,16H,15H2,1-2H3,(H2,27,28)/t16-/m1/s1. The Labute approximate surface area is 190 Å². The summed E-state index contributed by atoms with van der Waals surface area (Å²) >= 11 is 0. The van der Waals surface area contributed by atoms with E-state index in [1.807, 2.05) is 37.3 Å². The van der Waals surface area contributed by atoms with Crippen LogP contribution in [-0.4, -0.2) is 27.8 Å². The lowest BCUT2D eigenvalue weighted by molar-refractivity contribution is -0.141. The lowest BCUT2D eigenvalue weighted by atomic mass is 9.96. The van der Waals surface area contributed by atoms with Crippen molar-refractivity contribution >= 4 is 11.8 Å². The molecule has 0 aliphatic rings. The van der Waals surface area contributed by atoms with Gasteiger partial charge in [0.2, 0.25) is 0 Å². The number of nitrogens with zero attached hydrogens (tertiary/aromatic N) is 3. The number of anilines is 1. The van der Waals surface area contributed by atoms with E-state index < -0.39 is 12.1 Å². The molecule has 168 valence electrons. The summed E-state index contributed by atoms with van der Waals surface area (Å²) in [4.78, 5) is 15.7. The second-order valence-electron chi connectivity index (χ2n) is 7.47. The summed E-state index contributed by atoms with van der Waals surface area (Å²) in [7, 11) is 1.32. The average molecular weight is 446 g/mol. The number of hydrogen-bond donors (Lipinski definition) is 1. The fraction of sp³-hybridized carbons (Fsp3) is 0.160. The number of benzene rings is 2. The first-order valence-electron chi connectivity index (χ1n) is 10.3. The Bertz CT molecular complexity index is 1270. The summed E-state index contributed by atoms with van der Waals surface area (Å²) in [5, 5.41) is 4.17. The number of nitrogens with two attached hydrogens (primary N) is 1. The SMILES string of the molecule is COC(=O)Cn1cc(-c2cnc(N)c(O[C@H](C)c3cc(F)ccc3-c3ccccc3)c2)cn1. The summed E-state index contributed by atoms with van der Waals surface area (Å²) in [5.41, 5.74) is 10.0. The number of hydrogen-bond acceptors (Lipinski definition) is 6. The van der Waals surface area contributed by atoms with Crippen LogP contribution in [0.2, 0.25) is 0 Å². The molecule has 2 aromatic carbocycles. The third-order valence-electron chi connectivity index (χ3n) is 5.21. The molecule has 0 amide bonds. The second-order valence-corrected chi connectivity index (χ2v) is 7.47. The van der Waals surface area contributed by atoms with E-state index in [-0.39, 0.29) is 18.2 Å². The molecule has 0 saturated heterocycles. The Morgan fingerprint density at radius 3 is 2.64 bits per heavy atom. The molecule has 2 N–H and O–H groups in total. The first-order valence-corrected chi connectivity index (χ1v) is 10.3. The highest BCUT2D eigenvalue weighted by atomic mass is 19.1. The molecule has 8 heteroatoms. The van der Waals surface area contributed by atoms with Crippen molar-refractivity contribution in [2.45, 2.75) is 19.6 Å². The molecule has 0 aliphatic heterocycles. The number of halogens is 1. The summed E-state index contributed by atoms with van der Waals surface area (Å²) in [6.07, 6.45) is 4.42. The highest BCUT2D eigenvalue weighted by Gasteiger charge is 2.17. The van der Waals surface area contributed by atoms with Gasteiger partial charge in [0.25, 0.3) is 0 Å². The van der Waals surface area contributed by atoms with E-state index >= 15 is 0 Å². The zero-order chi connectivity index (χ0) is 23.4. The van der Waals surface area contributed by atoms with Gasteiger partial charge in [0.15, 0.2) is 11.6 Å². The van der Waals surface area contributed by atoms with Crippen LogP contribution in [0.25, 0.3) is 22.3 Å². The number of rotatable bonds is 7. The van der Waals surface area contributed by atoms with Crippen molar-refractivity contribution in [3.05, 3.63) is 84.6 Å². The van der Waals surface area contributed by atoms with Crippen LogP contribution in [0.3, 0.4) is 0 Å². The van der Waals surface area contributed by atoms with Gasteiger partial charge in [0.05, 0.1) is 13.3 Å². The number of aromatic nitrogens is 3. The van der Waals surface area contributed by atoms with E-state index in [1.165, 1.54) is 23.9 Å². The van der Waals surface area contributed by atoms with E-state index in [1.54, 1.807) is 30.7 Å². The van der Waals surface area contributed by atoms with E-state index in [0.717, 1.165) is 16.7 Å². The zero-order valence-electron chi connectivity index (χ0n) is 18.2. The van der Waals surface area contributed by atoms with Gasteiger partial charge in [0, 0.05) is 29.1 Å². The van der Waals surface area contributed by atoms with Gasteiger partial charge in [-0.1, -0.05) is 36.4 Å². The lowest BCUT2D eigenvalue weighted by Gasteiger charge is -2.20. The molecular formula is C25H23FN4O3. The fourth-order valence-corrected chi connectivity index (χ4v) is 3.51. The Morgan fingerprint density at radius 1 is 1.09 bits per heavy atom. The molecule has 0 aliphatic carbocycles. The van der Waals surface area contributed by atoms with Crippen molar-refractivity contribution in [1.29, 1.82) is 0 Å². The Balaban J connectivity index is 1.62. The predicted octanol–water partition coefficient (Wildman–Crippen LogP) is 4.65. The number of pyridine rings is 1. The number of carbonyl (C=O) groups excluding carboxylic acids is 1. The largest absolute Gasteiger partial charge is 0.482 e. The minimum atomic E-state index is -0.502. The predicted molar refractivity (Wildman–Crippen MR) is 123 cm³/mol. The maximum Gasteiger partial charge on any atom is 0.327 e. The van der Waals surface area contributed by atoms with Crippen LogP contribution in [0.4, 0.5) is 10.2 Å². The minimum absolute atomic E-state index is 0.00112. The number of carbonyl (C=O) groups is 1. The molecule has 0 bridgehead atoms. The third-order valence-corrected chi connectivity index (χ3v) is 5.21. The number of nitrogen functional groups attached to an aromatic ring is 1. The summed E-state index contributed by atoms with van der Waals surface area (Å²) in [5.74, 6) is -0.172. The van der Waals surface area contributed by atoms with Gasteiger partial charge in [-0.2, -0.15) is 5.10 Å². The van der Waals surface area contributed by atoms with Crippen molar-refractivity contribution in [2.75, 3.05) is 12.8 Å². The van der Waals surface area contributed by atoms with Gasteiger partial charge >= 0.3 is 5.97 Å². The maximum atomic E-state index is 14.1. The van der Waals surface area contributed by atoms with Crippen molar-refractivity contribution in [3.8, 4) is 28.0 Å². The van der Waals surface area contributed by atoms with Gasteiger partial charge in [-0.15, -0.1) is 0 Å². The molecule has 0 fully saturated rings. The normalized spacial score (nSPS) is 11.7. The molecule has 33 heavy (non-hydrogen) atoms. The summed E-state index contributed by atoms with van der Waals surface area (Å²) in [6.45, 7) is 1.84. The number of methoxy groups -OCH3 is 1. The van der Waals surface area contributed by atoms with Gasteiger partial charge in [-0.25, -0.2) is 9.37 Å². The summed E-state index contributed by atoms with van der Waals surface area (Å²) in [6, 6.07) is 16.1. The van der Waals surface area contributed by atoms with Gasteiger partial charge in [0.1, 0.15) is 18.5 Å². The van der Waals surface area contributed by atoms with Crippen molar-refractivity contribution in [1.82, 2.24) is 14.8 Å². The van der Waals surface area contributed by atoms with Crippen molar-refractivity contribution in [2.24, 2.45) is 0 Å². The number of ether oxygens (including phenoxy) is 2. The Hall–Kier alpha value is -4.20. The quantitative estimate of drug-likeness (QED) is 0.416. The summed E-state index contributed by atoms with van der Waals surface area (Å²) < 4.78 is 26.4. The van der Waals surface area contributed by atoms with Crippen LogP contribution in [-0.2, 0) is 16.1 Å². The third kappa shape index (κ3) is 5.01. The molecular weight excluding hydrogens is 423 g/mol. The molecule has 4 rings (SSSR count). The monoisotopic (exact) mass is 446 g/mol. The Kier molecular flexibility index (Phi) is 6.35. The fourth-order valence-electron chi connectivity index (χ4n) is 3.51. The average Bonchev–Trinajstić information content (AvgIpc) is 3.29. The Morgan fingerprint density at radius 2 is 1.88 bits per heavy atom. The first kappa shape index (κ1) is 22.0. The zero-order valence-corrected chi connectivity index (χ0v) is 18.2. The van der Waals surface area contributed by atoms with E-state index in [9.17, 15) is 9.18 Å². The second kappa shape index (κ2) is 9.52. The van der Waals surface area contributed by atoms with Gasteiger partial charge in [-0.3, -0.25) is 9.48 Å². The molecule has 0 unspecified atom stereocenters. The molecule has 4 aromatic rings.